The first-order chi connectivity index (χ1) is 6.38. The summed E-state index contributed by atoms with van der Waals surface area (Å²) in [4.78, 5) is 4.04. The van der Waals surface area contributed by atoms with Crippen molar-refractivity contribution in [3.05, 3.63) is 69.3 Å². The van der Waals surface area contributed by atoms with E-state index in [1.54, 1.807) is 30.5 Å². The van der Waals surface area contributed by atoms with Gasteiger partial charge in [0.25, 0.3) is 0 Å². The number of aromatic nitrogens is 1. The molecule has 0 aliphatic heterocycles. The van der Waals surface area contributed by atoms with Gasteiger partial charge in [-0.1, -0.05) is 17.7 Å². The van der Waals surface area contributed by atoms with Crippen LogP contribution in [0.3, 0.4) is 0 Å². The molecule has 0 aliphatic rings. The van der Waals surface area contributed by atoms with Gasteiger partial charge >= 0.3 is 0 Å². The van der Waals surface area contributed by atoms with E-state index in [1.165, 1.54) is 6.07 Å². The SMILES string of the molecule is Fc1ccc[c-]c1-c1ccccn1.[CH3-].[CH3-].[Pt]. The fourth-order valence-corrected chi connectivity index (χ4v) is 1.12. The Kier molecular flexibility index (Phi) is 8.88. The van der Waals surface area contributed by atoms with Crippen LogP contribution in [0.15, 0.2) is 42.6 Å². The van der Waals surface area contributed by atoms with Crippen LogP contribution >= 0.6 is 0 Å². The number of halogens is 1. The Morgan fingerprint density at radius 1 is 1.06 bits per heavy atom. The molecule has 0 bridgehead atoms. The molecule has 0 amide bonds. The monoisotopic (exact) mass is 397 g/mol. The Bertz CT molecular complexity index is 404. The fourth-order valence-electron chi connectivity index (χ4n) is 1.12. The maximum atomic E-state index is 13.2. The van der Waals surface area contributed by atoms with Crippen LogP contribution in [-0.2, 0) is 21.1 Å². The van der Waals surface area contributed by atoms with Gasteiger partial charge in [-0.2, -0.15) is 0 Å². The second-order valence-electron chi connectivity index (χ2n) is 2.61. The molecule has 0 fully saturated rings. The maximum absolute atomic E-state index is 13.2. The summed E-state index contributed by atoms with van der Waals surface area (Å²) in [6.07, 6.45) is 1.63. The first-order valence-corrected chi connectivity index (χ1v) is 3.95. The minimum absolute atomic E-state index is 0. The van der Waals surface area contributed by atoms with Crippen LogP contribution in [0.4, 0.5) is 4.39 Å². The standard InChI is InChI=1S/C11H7FN.2CH3.Pt/c12-10-6-2-1-5-9(10)11-7-3-4-8-13-11;;;/h1-4,6-8H;2*1H3;/q3*-1;. The number of rotatable bonds is 1. The van der Waals surface area contributed by atoms with Gasteiger partial charge in [-0.25, -0.2) is 0 Å². The second kappa shape index (κ2) is 8.18. The normalized spacial score (nSPS) is 8.06. The molecule has 16 heavy (non-hydrogen) atoms. The Balaban J connectivity index is 0. The van der Waals surface area contributed by atoms with E-state index < -0.39 is 0 Å². The van der Waals surface area contributed by atoms with Gasteiger partial charge in [-0.3, -0.25) is 4.39 Å². The zero-order valence-electron chi connectivity index (χ0n) is 9.18. The van der Waals surface area contributed by atoms with Crippen LogP contribution in [0.5, 0.6) is 0 Å². The molecule has 0 radical (unpaired) electrons. The molecule has 2 aromatic rings. The number of hydrogen-bond donors (Lipinski definition) is 0. The van der Waals surface area contributed by atoms with E-state index in [9.17, 15) is 4.39 Å². The molecule has 0 saturated heterocycles. The number of hydrogen-bond acceptors (Lipinski definition) is 1. The summed E-state index contributed by atoms with van der Waals surface area (Å²) >= 11 is 0. The number of pyridine rings is 1. The third kappa shape index (κ3) is 3.86. The first kappa shape index (κ1) is 17.4. The van der Waals surface area contributed by atoms with Crippen LogP contribution in [0.1, 0.15) is 0 Å². The Morgan fingerprint density at radius 2 is 1.81 bits per heavy atom. The van der Waals surface area contributed by atoms with Crippen molar-refractivity contribution >= 4 is 0 Å². The summed E-state index contributed by atoms with van der Waals surface area (Å²) in [5.41, 5.74) is 1.03. The molecule has 1 nitrogen and oxygen atoms in total. The molecule has 90 valence electrons. The average Bonchev–Trinajstić information content (AvgIpc) is 2.20. The molecule has 1 heterocycles. The summed E-state index contributed by atoms with van der Waals surface area (Å²) in [6.45, 7) is 0. The van der Waals surface area contributed by atoms with Crippen molar-refractivity contribution in [2.24, 2.45) is 0 Å². The topological polar surface area (TPSA) is 12.9 Å². The molecule has 0 N–H and O–H groups in total. The van der Waals surface area contributed by atoms with Crippen LogP contribution in [0.25, 0.3) is 11.3 Å². The van der Waals surface area contributed by atoms with Crippen LogP contribution in [0.2, 0.25) is 0 Å². The molecule has 2 rings (SSSR count). The fraction of sp³-hybridized carbons (Fsp3) is 0. The van der Waals surface area contributed by atoms with Crippen LogP contribution in [0, 0.1) is 26.7 Å². The van der Waals surface area contributed by atoms with Gasteiger partial charge in [0.05, 0.1) is 0 Å². The van der Waals surface area contributed by atoms with Gasteiger partial charge in [-0.15, -0.1) is 24.3 Å². The predicted octanol–water partition coefficient (Wildman–Crippen LogP) is 3.59. The quantitative estimate of drug-likeness (QED) is 0.671. The zero-order chi connectivity index (χ0) is 9.10. The molecule has 3 heteroatoms. The van der Waals surface area contributed by atoms with Crippen molar-refractivity contribution in [2.45, 2.75) is 0 Å². The number of benzene rings is 1. The zero-order valence-corrected chi connectivity index (χ0v) is 11.5. The molecule has 0 saturated carbocycles. The second-order valence-corrected chi connectivity index (χ2v) is 2.61. The van der Waals surface area contributed by atoms with Gasteiger partial charge in [0, 0.05) is 33.1 Å². The summed E-state index contributed by atoms with van der Waals surface area (Å²) in [7, 11) is 0. The van der Waals surface area contributed by atoms with E-state index in [4.69, 9.17) is 0 Å². The van der Waals surface area contributed by atoms with Crippen molar-refractivity contribution in [1.82, 2.24) is 4.98 Å². The van der Waals surface area contributed by atoms with E-state index in [1.807, 2.05) is 6.07 Å². The molecule has 1 aromatic carbocycles. The first-order valence-electron chi connectivity index (χ1n) is 3.95. The predicted molar refractivity (Wildman–Crippen MR) is 61.3 cm³/mol. The van der Waals surface area contributed by atoms with E-state index in [-0.39, 0.29) is 41.7 Å². The Labute approximate surface area is 111 Å². The van der Waals surface area contributed by atoms with Crippen molar-refractivity contribution in [2.75, 3.05) is 0 Å². The third-order valence-electron chi connectivity index (χ3n) is 1.73. The molecule has 0 atom stereocenters. The van der Waals surface area contributed by atoms with Crippen molar-refractivity contribution in [1.29, 1.82) is 0 Å². The minimum atomic E-state index is -0.291. The van der Waals surface area contributed by atoms with Crippen molar-refractivity contribution in [3.63, 3.8) is 0 Å². The smallest absolute Gasteiger partial charge is 0.0380 e. The van der Waals surface area contributed by atoms with Gasteiger partial charge in [0.2, 0.25) is 0 Å². The van der Waals surface area contributed by atoms with Gasteiger partial charge < -0.3 is 19.8 Å². The van der Waals surface area contributed by atoms with Crippen LogP contribution < -0.4 is 0 Å². The Hall–Kier alpha value is -1.01. The molecule has 0 spiro atoms. The summed E-state index contributed by atoms with van der Waals surface area (Å²) in [6, 6.07) is 12.9. The molecular weight excluding hydrogens is 384 g/mol. The molecule has 0 aliphatic carbocycles. The summed E-state index contributed by atoms with van der Waals surface area (Å²) in [5, 5.41) is 0. The van der Waals surface area contributed by atoms with Gasteiger partial charge in [0.1, 0.15) is 0 Å². The molecule has 1 aromatic heterocycles. The molecule has 0 unspecified atom stereocenters. The minimum Gasteiger partial charge on any atom is -0.358 e. The summed E-state index contributed by atoms with van der Waals surface area (Å²) < 4.78 is 13.2. The number of nitrogens with zero attached hydrogens (tertiary/aromatic N) is 1. The van der Waals surface area contributed by atoms with Gasteiger partial charge in [0.15, 0.2) is 0 Å². The maximum Gasteiger partial charge on any atom is 0.0380 e. The largest absolute Gasteiger partial charge is 0.358 e. The Morgan fingerprint density at radius 3 is 2.38 bits per heavy atom. The van der Waals surface area contributed by atoms with E-state index in [0.717, 1.165) is 0 Å². The van der Waals surface area contributed by atoms with E-state index in [2.05, 4.69) is 11.1 Å². The van der Waals surface area contributed by atoms with Crippen LogP contribution in [-0.4, -0.2) is 4.98 Å². The third-order valence-corrected chi connectivity index (χ3v) is 1.73. The van der Waals surface area contributed by atoms with E-state index >= 15 is 0 Å². The van der Waals surface area contributed by atoms with E-state index in [0.29, 0.717) is 11.3 Å². The average molecular weight is 397 g/mol. The molecular formula is C13H13FNPt-3. The van der Waals surface area contributed by atoms with Crippen molar-refractivity contribution < 1.29 is 25.5 Å². The van der Waals surface area contributed by atoms with Crippen molar-refractivity contribution in [3.8, 4) is 11.3 Å². The summed E-state index contributed by atoms with van der Waals surface area (Å²) in [5.74, 6) is -0.291. The van der Waals surface area contributed by atoms with Gasteiger partial charge in [-0.05, 0) is 11.8 Å².